The Labute approximate surface area is 171 Å². The zero-order valence-corrected chi connectivity index (χ0v) is 17.5. The van der Waals surface area contributed by atoms with Crippen molar-refractivity contribution in [3.05, 3.63) is 30.6 Å². The Kier molecular flexibility index (Phi) is 5.06. The van der Waals surface area contributed by atoms with Crippen molar-refractivity contribution in [1.29, 1.82) is 0 Å². The maximum absolute atomic E-state index is 12.8. The topological polar surface area (TPSA) is 67.7 Å². The molecule has 2 aliphatic rings. The van der Waals surface area contributed by atoms with Crippen molar-refractivity contribution in [1.82, 2.24) is 9.78 Å². The van der Waals surface area contributed by atoms with Gasteiger partial charge in [-0.25, -0.2) is 4.79 Å². The molecular formula is C22H28N4O3. The van der Waals surface area contributed by atoms with Crippen molar-refractivity contribution in [2.45, 2.75) is 65.1 Å². The lowest BCUT2D eigenvalue weighted by Crippen LogP contribution is -2.51. The van der Waals surface area contributed by atoms with Crippen LogP contribution in [0.15, 0.2) is 30.6 Å². The van der Waals surface area contributed by atoms with E-state index in [0.29, 0.717) is 18.3 Å². The number of amides is 2. The quantitative estimate of drug-likeness (QED) is 0.772. The number of ether oxygens (including phenoxy) is 1. The molecule has 154 valence electrons. The average Bonchev–Trinajstić information content (AvgIpc) is 3.07. The van der Waals surface area contributed by atoms with Crippen LogP contribution in [0.3, 0.4) is 0 Å². The molecule has 1 unspecified atom stereocenters. The Morgan fingerprint density at radius 1 is 1.17 bits per heavy atom. The Bertz CT molecular complexity index is 932. The summed E-state index contributed by atoms with van der Waals surface area (Å²) in [5.41, 5.74) is 3.39. The summed E-state index contributed by atoms with van der Waals surface area (Å²) in [6.07, 6.45) is 6.93. The fourth-order valence-electron chi connectivity index (χ4n) is 4.06. The van der Waals surface area contributed by atoms with Crippen molar-refractivity contribution >= 4 is 23.4 Å². The van der Waals surface area contributed by atoms with Crippen LogP contribution in [0.4, 0.5) is 16.2 Å². The van der Waals surface area contributed by atoms with Crippen LogP contribution in [0, 0.1) is 0 Å². The monoisotopic (exact) mass is 396 g/mol. The first-order chi connectivity index (χ1) is 13.8. The van der Waals surface area contributed by atoms with Gasteiger partial charge in [-0.05, 0) is 57.7 Å². The first-order valence-electron chi connectivity index (χ1n) is 10.3. The largest absolute Gasteiger partial charge is 0.446 e. The van der Waals surface area contributed by atoms with E-state index in [4.69, 9.17) is 4.74 Å². The molecule has 7 nitrogen and oxygen atoms in total. The van der Waals surface area contributed by atoms with Crippen LogP contribution in [-0.4, -0.2) is 40.5 Å². The van der Waals surface area contributed by atoms with Crippen molar-refractivity contribution in [3.63, 3.8) is 0 Å². The molecule has 1 aliphatic heterocycles. The van der Waals surface area contributed by atoms with E-state index in [-0.39, 0.29) is 18.1 Å². The second-order valence-corrected chi connectivity index (χ2v) is 8.28. The summed E-state index contributed by atoms with van der Waals surface area (Å²) < 4.78 is 7.50. The summed E-state index contributed by atoms with van der Waals surface area (Å²) in [6, 6.07) is 6.22. The van der Waals surface area contributed by atoms with Gasteiger partial charge in [0.25, 0.3) is 0 Å². The minimum atomic E-state index is -0.390. The predicted molar refractivity (Wildman–Crippen MR) is 112 cm³/mol. The van der Waals surface area contributed by atoms with Gasteiger partial charge >= 0.3 is 6.09 Å². The van der Waals surface area contributed by atoms with E-state index in [1.54, 1.807) is 16.7 Å². The minimum Gasteiger partial charge on any atom is -0.446 e. The lowest BCUT2D eigenvalue weighted by Gasteiger charge is -2.40. The van der Waals surface area contributed by atoms with Crippen LogP contribution in [0.25, 0.3) is 11.1 Å². The van der Waals surface area contributed by atoms with E-state index in [1.165, 1.54) is 19.3 Å². The Balaban J connectivity index is 1.73. The maximum Gasteiger partial charge on any atom is 0.414 e. The van der Waals surface area contributed by atoms with Gasteiger partial charge in [0, 0.05) is 25.2 Å². The van der Waals surface area contributed by atoms with Gasteiger partial charge in [-0.1, -0.05) is 6.07 Å². The molecule has 2 aromatic rings. The number of fused-ring (bicyclic) bond motifs is 1. The second kappa shape index (κ2) is 7.54. The third kappa shape index (κ3) is 3.61. The van der Waals surface area contributed by atoms with Gasteiger partial charge in [-0.2, -0.15) is 5.10 Å². The van der Waals surface area contributed by atoms with Gasteiger partial charge < -0.3 is 9.64 Å². The molecule has 0 spiro atoms. The average molecular weight is 396 g/mol. The molecule has 0 radical (unpaired) electrons. The van der Waals surface area contributed by atoms with Gasteiger partial charge in [-0.15, -0.1) is 0 Å². The number of benzene rings is 1. The third-order valence-corrected chi connectivity index (χ3v) is 5.69. The number of carbonyl (C=O) groups is 2. The molecule has 29 heavy (non-hydrogen) atoms. The molecule has 1 aromatic carbocycles. The van der Waals surface area contributed by atoms with Gasteiger partial charge in [0.1, 0.15) is 0 Å². The van der Waals surface area contributed by atoms with Crippen LogP contribution in [0.5, 0.6) is 0 Å². The molecule has 2 amide bonds. The summed E-state index contributed by atoms with van der Waals surface area (Å²) in [5, 5.41) is 4.52. The number of hydrogen-bond acceptors (Lipinski definition) is 4. The van der Waals surface area contributed by atoms with E-state index in [9.17, 15) is 9.59 Å². The molecule has 1 aromatic heterocycles. The van der Waals surface area contributed by atoms with Crippen LogP contribution in [0.1, 0.15) is 53.0 Å². The zero-order valence-electron chi connectivity index (χ0n) is 17.5. The van der Waals surface area contributed by atoms with E-state index < -0.39 is 6.09 Å². The van der Waals surface area contributed by atoms with Gasteiger partial charge in [-0.3, -0.25) is 14.4 Å². The SMILES string of the molecule is CC(=O)N1c2ccc(-c3cnn(C4CCC4)c3)cc2N(C(=O)OC(C)C)CC1C. The zero-order chi connectivity index (χ0) is 20.7. The number of rotatable bonds is 3. The molecule has 1 aliphatic carbocycles. The van der Waals surface area contributed by atoms with E-state index in [2.05, 4.69) is 11.3 Å². The Morgan fingerprint density at radius 3 is 2.55 bits per heavy atom. The van der Waals surface area contributed by atoms with Crippen molar-refractivity contribution in [2.75, 3.05) is 16.3 Å². The van der Waals surface area contributed by atoms with Crippen LogP contribution < -0.4 is 9.80 Å². The van der Waals surface area contributed by atoms with Crippen LogP contribution in [-0.2, 0) is 9.53 Å². The first-order valence-corrected chi connectivity index (χ1v) is 10.3. The smallest absolute Gasteiger partial charge is 0.414 e. The molecule has 2 heterocycles. The maximum atomic E-state index is 12.8. The molecule has 1 atom stereocenters. The molecular weight excluding hydrogens is 368 g/mol. The third-order valence-electron chi connectivity index (χ3n) is 5.69. The highest BCUT2D eigenvalue weighted by molar-refractivity contribution is 6.03. The summed E-state index contributed by atoms with van der Waals surface area (Å²) in [4.78, 5) is 28.4. The fraction of sp³-hybridized carbons (Fsp3) is 0.500. The van der Waals surface area contributed by atoms with Crippen LogP contribution >= 0.6 is 0 Å². The van der Waals surface area contributed by atoms with E-state index in [0.717, 1.165) is 16.8 Å². The molecule has 0 N–H and O–H groups in total. The molecule has 7 heteroatoms. The summed E-state index contributed by atoms with van der Waals surface area (Å²) >= 11 is 0. The number of carbonyl (C=O) groups excluding carboxylic acids is 2. The predicted octanol–water partition coefficient (Wildman–Crippen LogP) is 4.38. The van der Waals surface area contributed by atoms with E-state index >= 15 is 0 Å². The molecule has 1 saturated carbocycles. The Hall–Kier alpha value is -2.83. The normalized spacial score (nSPS) is 19.1. The van der Waals surface area contributed by atoms with Gasteiger partial charge in [0.05, 0.1) is 35.8 Å². The van der Waals surface area contributed by atoms with Gasteiger partial charge in [0.15, 0.2) is 0 Å². The number of anilines is 2. The Morgan fingerprint density at radius 2 is 1.93 bits per heavy atom. The second-order valence-electron chi connectivity index (χ2n) is 8.28. The van der Waals surface area contributed by atoms with Crippen LogP contribution in [0.2, 0.25) is 0 Å². The minimum absolute atomic E-state index is 0.0406. The van der Waals surface area contributed by atoms with Gasteiger partial charge in [0.2, 0.25) is 5.91 Å². The van der Waals surface area contributed by atoms with Crippen molar-refractivity contribution < 1.29 is 14.3 Å². The van der Waals surface area contributed by atoms with Crippen molar-refractivity contribution in [3.8, 4) is 11.1 Å². The number of nitrogens with zero attached hydrogens (tertiary/aromatic N) is 4. The van der Waals surface area contributed by atoms with E-state index in [1.807, 2.05) is 49.8 Å². The molecule has 0 saturated heterocycles. The highest BCUT2D eigenvalue weighted by Gasteiger charge is 2.35. The molecule has 4 rings (SSSR count). The lowest BCUT2D eigenvalue weighted by molar-refractivity contribution is -0.117. The highest BCUT2D eigenvalue weighted by Crippen LogP contribution is 2.40. The fourth-order valence-corrected chi connectivity index (χ4v) is 4.06. The first kappa shape index (κ1) is 19.5. The van der Waals surface area contributed by atoms with Crippen molar-refractivity contribution in [2.24, 2.45) is 0 Å². The number of hydrogen-bond donors (Lipinski definition) is 0. The summed E-state index contributed by atoms with van der Waals surface area (Å²) in [5.74, 6) is -0.0406. The summed E-state index contributed by atoms with van der Waals surface area (Å²) in [6.45, 7) is 7.55. The molecule has 0 bridgehead atoms. The molecule has 1 fully saturated rings. The summed E-state index contributed by atoms with van der Waals surface area (Å²) in [7, 11) is 0. The highest BCUT2D eigenvalue weighted by atomic mass is 16.6. The standard InChI is InChI=1S/C22H28N4O3/c1-14(2)29-22(28)24-12-15(3)26(16(4)27)20-9-8-17(10-21(20)24)18-11-23-25(13-18)19-6-5-7-19/h8-11,13-15,19H,5-7,12H2,1-4H3. The number of aromatic nitrogens is 2. The lowest BCUT2D eigenvalue weighted by atomic mass is 9.93.